The van der Waals surface area contributed by atoms with Crippen molar-refractivity contribution >= 4 is 0 Å². The first-order valence-electron chi connectivity index (χ1n) is 5.41. The molecule has 0 aromatic rings. The van der Waals surface area contributed by atoms with Crippen LogP contribution in [0.1, 0.15) is 40.0 Å². The lowest BCUT2D eigenvalue weighted by molar-refractivity contribution is -0.909. The highest BCUT2D eigenvalue weighted by Gasteiger charge is 2.12. The van der Waals surface area contributed by atoms with E-state index in [0.29, 0.717) is 6.04 Å². The van der Waals surface area contributed by atoms with Crippen LogP contribution >= 0.6 is 0 Å². The molecule has 0 unspecified atom stereocenters. The van der Waals surface area contributed by atoms with E-state index in [1.165, 1.54) is 38.9 Å². The Hall–Kier alpha value is -0.0800. The summed E-state index contributed by atoms with van der Waals surface area (Å²) in [4.78, 5) is 1.74. The maximum absolute atomic E-state index is 4.14. The van der Waals surface area contributed by atoms with Crippen LogP contribution in [0.4, 0.5) is 0 Å². The highest BCUT2D eigenvalue weighted by Crippen LogP contribution is 1.78. The summed E-state index contributed by atoms with van der Waals surface area (Å²) < 4.78 is 0. The summed E-state index contributed by atoms with van der Waals surface area (Å²) >= 11 is 0. The minimum absolute atomic E-state index is 0.651. The predicted molar refractivity (Wildman–Crippen MR) is 53.1 cm³/mol. The topological polar surface area (TPSA) is 32.1 Å². The van der Waals surface area contributed by atoms with Crippen LogP contribution in [0.3, 0.4) is 0 Å². The van der Waals surface area contributed by atoms with Crippen LogP contribution in [0.2, 0.25) is 0 Å². The van der Waals surface area contributed by atoms with Crippen LogP contribution in [0.5, 0.6) is 0 Å². The van der Waals surface area contributed by atoms with E-state index in [9.17, 15) is 0 Å². The van der Waals surface area contributed by atoms with Crippen molar-refractivity contribution in [1.29, 1.82) is 0 Å². The minimum atomic E-state index is 0.651. The second kappa shape index (κ2) is 7.56. The van der Waals surface area contributed by atoms with Gasteiger partial charge < -0.3 is 10.6 Å². The van der Waals surface area contributed by atoms with Crippen molar-refractivity contribution in [1.82, 2.24) is 0 Å². The normalized spacial score (nSPS) is 13.8. The Labute approximate surface area is 77.1 Å². The lowest BCUT2D eigenvalue weighted by Crippen LogP contribution is -3.14. The third-order valence-electron chi connectivity index (χ3n) is 2.36. The molecular formula is C10H26N2+2. The van der Waals surface area contributed by atoms with Gasteiger partial charge in [-0.1, -0.05) is 20.8 Å². The molecule has 0 aliphatic carbocycles. The van der Waals surface area contributed by atoms with Crippen molar-refractivity contribution in [2.24, 2.45) is 0 Å². The Bertz CT molecular complexity index is 87.8. The highest BCUT2D eigenvalue weighted by atomic mass is 15.1. The maximum Gasteiger partial charge on any atom is 0.134 e. The Kier molecular flexibility index (Phi) is 7.51. The van der Waals surface area contributed by atoms with Crippen LogP contribution in [0.25, 0.3) is 0 Å². The van der Waals surface area contributed by atoms with E-state index in [0.717, 1.165) is 0 Å². The summed E-state index contributed by atoms with van der Waals surface area (Å²) in [5.41, 5.74) is 4.14. The van der Waals surface area contributed by atoms with Crippen LogP contribution in [-0.4, -0.2) is 25.7 Å². The van der Waals surface area contributed by atoms with Gasteiger partial charge in [0.25, 0.3) is 0 Å². The minimum Gasteiger partial charge on any atom is -0.350 e. The largest absolute Gasteiger partial charge is 0.350 e. The molecule has 1 atom stereocenters. The van der Waals surface area contributed by atoms with Gasteiger partial charge in [0.05, 0.1) is 13.1 Å². The first-order chi connectivity index (χ1) is 5.74. The van der Waals surface area contributed by atoms with E-state index in [1.807, 2.05) is 0 Å². The van der Waals surface area contributed by atoms with E-state index < -0.39 is 0 Å². The molecule has 0 fully saturated rings. The monoisotopic (exact) mass is 174 g/mol. The molecular weight excluding hydrogens is 148 g/mol. The molecule has 0 aliphatic rings. The predicted octanol–water partition coefficient (Wildman–Crippen LogP) is -0.288. The third kappa shape index (κ3) is 5.56. The summed E-state index contributed by atoms with van der Waals surface area (Å²) in [5, 5.41) is 0. The van der Waals surface area contributed by atoms with E-state index >= 15 is 0 Å². The van der Waals surface area contributed by atoms with Crippen molar-refractivity contribution in [2.75, 3.05) is 19.6 Å². The molecule has 2 heteroatoms. The van der Waals surface area contributed by atoms with Gasteiger partial charge in [-0.2, -0.15) is 0 Å². The zero-order valence-corrected chi connectivity index (χ0v) is 9.03. The van der Waals surface area contributed by atoms with Gasteiger partial charge in [-0.3, -0.25) is 0 Å². The fourth-order valence-corrected chi connectivity index (χ4v) is 1.59. The van der Waals surface area contributed by atoms with Gasteiger partial charge in [0.2, 0.25) is 0 Å². The second-order valence-electron chi connectivity index (χ2n) is 3.73. The Morgan fingerprint density at radius 3 is 1.92 bits per heavy atom. The van der Waals surface area contributed by atoms with Gasteiger partial charge in [-0.25, -0.2) is 0 Å². The van der Waals surface area contributed by atoms with Crippen molar-refractivity contribution in [3.8, 4) is 0 Å². The average Bonchev–Trinajstić information content (AvgIpc) is 2.05. The summed E-state index contributed by atoms with van der Waals surface area (Å²) in [6, 6.07) is 0.651. The van der Waals surface area contributed by atoms with E-state index in [2.05, 4.69) is 26.5 Å². The zero-order valence-electron chi connectivity index (χ0n) is 9.03. The van der Waals surface area contributed by atoms with Crippen molar-refractivity contribution in [2.45, 2.75) is 46.1 Å². The number of quaternary nitrogens is 2. The summed E-state index contributed by atoms with van der Waals surface area (Å²) in [6.45, 7) is 10.7. The van der Waals surface area contributed by atoms with E-state index in [-0.39, 0.29) is 0 Å². The van der Waals surface area contributed by atoms with Gasteiger partial charge in [-0.15, -0.1) is 0 Å². The van der Waals surface area contributed by atoms with Gasteiger partial charge >= 0.3 is 0 Å². The Morgan fingerprint density at radius 1 is 1.08 bits per heavy atom. The first-order valence-corrected chi connectivity index (χ1v) is 5.41. The van der Waals surface area contributed by atoms with E-state index in [1.54, 1.807) is 4.90 Å². The highest BCUT2D eigenvalue weighted by molar-refractivity contribution is 4.45. The smallest absolute Gasteiger partial charge is 0.134 e. The van der Waals surface area contributed by atoms with Crippen LogP contribution < -0.4 is 10.6 Å². The summed E-state index contributed by atoms with van der Waals surface area (Å²) in [7, 11) is 0. The van der Waals surface area contributed by atoms with Crippen molar-refractivity contribution in [3.05, 3.63) is 0 Å². The standard InChI is InChI=1S/C10H24N2/c1-4-7-12(8-5-2)9-10(11)6-3/h10H,4-9,11H2,1-3H3/p+2/t10-/m1/s1. The summed E-state index contributed by atoms with van der Waals surface area (Å²) in [5.74, 6) is 0. The average molecular weight is 174 g/mol. The molecule has 0 aromatic heterocycles. The third-order valence-corrected chi connectivity index (χ3v) is 2.36. The summed E-state index contributed by atoms with van der Waals surface area (Å²) in [6.07, 6.45) is 3.81. The lowest BCUT2D eigenvalue weighted by Gasteiger charge is -2.19. The second-order valence-corrected chi connectivity index (χ2v) is 3.73. The van der Waals surface area contributed by atoms with Gasteiger partial charge in [0, 0.05) is 6.42 Å². The van der Waals surface area contributed by atoms with Crippen LogP contribution in [-0.2, 0) is 0 Å². The molecule has 0 aromatic carbocycles. The molecule has 0 saturated carbocycles. The SMILES string of the molecule is CCC[NH+](CCC)C[C@H]([NH3+])CC. The molecule has 0 saturated heterocycles. The fourth-order valence-electron chi connectivity index (χ4n) is 1.59. The first kappa shape index (κ1) is 11.9. The lowest BCUT2D eigenvalue weighted by atomic mass is 10.2. The van der Waals surface area contributed by atoms with Gasteiger partial charge in [0.15, 0.2) is 0 Å². The molecule has 0 heterocycles. The van der Waals surface area contributed by atoms with Gasteiger partial charge in [-0.05, 0) is 12.8 Å². The number of nitrogens with one attached hydrogen (secondary N) is 1. The van der Waals surface area contributed by atoms with Crippen LogP contribution in [0, 0.1) is 0 Å². The molecule has 4 N–H and O–H groups in total. The molecule has 2 nitrogen and oxygen atoms in total. The van der Waals surface area contributed by atoms with Gasteiger partial charge in [0.1, 0.15) is 12.6 Å². The maximum atomic E-state index is 4.14. The fraction of sp³-hybridized carbons (Fsp3) is 1.00. The number of rotatable bonds is 7. The number of hydrogen-bond donors (Lipinski definition) is 2. The molecule has 12 heavy (non-hydrogen) atoms. The Balaban J connectivity index is 3.61. The molecule has 0 aliphatic heterocycles. The molecule has 0 rings (SSSR count). The van der Waals surface area contributed by atoms with E-state index in [4.69, 9.17) is 0 Å². The molecule has 0 amide bonds. The quantitative estimate of drug-likeness (QED) is 0.532. The van der Waals surface area contributed by atoms with Crippen molar-refractivity contribution in [3.63, 3.8) is 0 Å². The Morgan fingerprint density at radius 2 is 1.58 bits per heavy atom. The van der Waals surface area contributed by atoms with Crippen molar-refractivity contribution < 1.29 is 10.6 Å². The molecule has 0 radical (unpaired) electrons. The zero-order chi connectivity index (χ0) is 9.40. The number of hydrogen-bond acceptors (Lipinski definition) is 0. The molecule has 74 valence electrons. The molecule has 0 bridgehead atoms. The molecule has 0 spiro atoms. The van der Waals surface area contributed by atoms with Crippen LogP contribution in [0.15, 0.2) is 0 Å².